The summed E-state index contributed by atoms with van der Waals surface area (Å²) in [7, 11) is 1.85. The summed E-state index contributed by atoms with van der Waals surface area (Å²) in [5, 5.41) is 8.41. The van der Waals surface area contributed by atoms with E-state index in [1.807, 2.05) is 32.3 Å². The van der Waals surface area contributed by atoms with Gasteiger partial charge >= 0.3 is 0 Å². The van der Waals surface area contributed by atoms with Crippen LogP contribution in [0.1, 0.15) is 30.4 Å². The first-order valence-electron chi connectivity index (χ1n) is 7.31. The summed E-state index contributed by atoms with van der Waals surface area (Å²) in [5.74, 6) is 1.53. The van der Waals surface area contributed by atoms with E-state index in [0.29, 0.717) is 23.7 Å². The fourth-order valence-electron chi connectivity index (χ4n) is 2.59. The van der Waals surface area contributed by atoms with Gasteiger partial charge < -0.3 is 10.1 Å². The smallest absolute Gasteiger partial charge is 0.131 e. The van der Waals surface area contributed by atoms with Crippen LogP contribution in [0.4, 0.5) is 0 Å². The third-order valence-electron chi connectivity index (χ3n) is 3.90. The maximum Gasteiger partial charge on any atom is 0.131 e. The second-order valence-electron chi connectivity index (χ2n) is 5.42. The molecule has 1 N–H and O–H groups in total. The van der Waals surface area contributed by atoms with E-state index >= 15 is 0 Å². The predicted molar refractivity (Wildman–Crippen MR) is 83.8 cm³/mol. The summed E-state index contributed by atoms with van der Waals surface area (Å²) in [6.07, 6.45) is 3.00. The first-order chi connectivity index (χ1) is 10.2. The molecule has 0 bridgehead atoms. The Bertz CT molecular complexity index is 608. The Balaban J connectivity index is 1.53. The maximum absolute atomic E-state index is 6.16. The Morgan fingerprint density at radius 2 is 2.14 bits per heavy atom. The van der Waals surface area contributed by atoms with Crippen LogP contribution in [0.5, 0.6) is 5.75 Å². The first-order valence-corrected chi connectivity index (χ1v) is 7.69. The maximum atomic E-state index is 6.16. The average molecular weight is 306 g/mol. The van der Waals surface area contributed by atoms with Gasteiger partial charge in [0.05, 0.1) is 12.8 Å². The SMILES string of the molecule is CCOc1ccc([C@@H]2C[C@H]2NCc2cnn(C)c2Cl)cc1. The molecule has 3 rings (SSSR count). The number of hydrogen-bond acceptors (Lipinski definition) is 3. The molecule has 0 aliphatic heterocycles. The quantitative estimate of drug-likeness (QED) is 0.891. The highest BCUT2D eigenvalue weighted by Gasteiger charge is 2.37. The van der Waals surface area contributed by atoms with E-state index < -0.39 is 0 Å². The van der Waals surface area contributed by atoms with Crippen molar-refractivity contribution >= 4 is 11.6 Å². The lowest BCUT2D eigenvalue weighted by Gasteiger charge is -2.06. The zero-order chi connectivity index (χ0) is 14.8. The van der Waals surface area contributed by atoms with Gasteiger partial charge in [0.2, 0.25) is 0 Å². The molecule has 21 heavy (non-hydrogen) atoms. The zero-order valence-electron chi connectivity index (χ0n) is 12.3. The van der Waals surface area contributed by atoms with Crippen molar-refractivity contribution in [3.8, 4) is 5.75 Å². The lowest BCUT2D eigenvalue weighted by molar-refractivity contribution is 0.340. The van der Waals surface area contributed by atoms with Gasteiger partial charge in [-0.15, -0.1) is 0 Å². The lowest BCUT2D eigenvalue weighted by Crippen LogP contribution is -2.17. The molecule has 1 heterocycles. The van der Waals surface area contributed by atoms with Gasteiger partial charge in [0, 0.05) is 31.1 Å². The molecule has 0 spiro atoms. The molecule has 0 saturated heterocycles. The lowest BCUT2D eigenvalue weighted by atomic mass is 10.1. The van der Waals surface area contributed by atoms with Gasteiger partial charge in [0.1, 0.15) is 10.9 Å². The van der Waals surface area contributed by atoms with Gasteiger partial charge in [0.15, 0.2) is 0 Å². The molecule has 1 saturated carbocycles. The van der Waals surface area contributed by atoms with E-state index in [1.54, 1.807) is 4.68 Å². The second kappa shape index (κ2) is 6.08. The monoisotopic (exact) mass is 305 g/mol. The van der Waals surface area contributed by atoms with E-state index in [9.17, 15) is 0 Å². The zero-order valence-corrected chi connectivity index (χ0v) is 13.1. The number of nitrogens with zero attached hydrogens (tertiary/aromatic N) is 2. The third-order valence-corrected chi connectivity index (χ3v) is 4.39. The van der Waals surface area contributed by atoms with E-state index in [-0.39, 0.29) is 0 Å². The molecular weight excluding hydrogens is 286 g/mol. The number of rotatable bonds is 6. The van der Waals surface area contributed by atoms with Crippen LogP contribution in [0, 0.1) is 0 Å². The Labute approximate surface area is 130 Å². The molecule has 1 aliphatic carbocycles. The molecule has 0 amide bonds. The Morgan fingerprint density at radius 3 is 2.76 bits per heavy atom. The predicted octanol–water partition coefficient (Wildman–Crippen LogP) is 3.12. The Hall–Kier alpha value is -1.52. The van der Waals surface area contributed by atoms with E-state index in [4.69, 9.17) is 16.3 Å². The van der Waals surface area contributed by atoms with Gasteiger partial charge in [-0.3, -0.25) is 4.68 Å². The summed E-state index contributed by atoms with van der Waals surface area (Å²) in [4.78, 5) is 0. The van der Waals surface area contributed by atoms with Crippen molar-refractivity contribution in [1.82, 2.24) is 15.1 Å². The van der Waals surface area contributed by atoms with E-state index in [2.05, 4.69) is 22.5 Å². The molecule has 2 atom stereocenters. The van der Waals surface area contributed by atoms with Crippen molar-refractivity contribution in [1.29, 1.82) is 0 Å². The van der Waals surface area contributed by atoms with Crippen LogP contribution in [0.15, 0.2) is 30.5 Å². The number of hydrogen-bond donors (Lipinski definition) is 1. The molecule has 112 valence electrons. The number of halogens is 1. The number of aryl methyl sites for hydroxylation is 1. The molecule has 1 fully saturated rings. The van der Waals surface area contributed by atoms with Crippen LogP contribution in [0.25, 0.3) is 0 Å². The summed E-state index contributed by atoms with van der Waals surface area (Å²) >= 11 is 6.16. The van der Waals surface area contributed by atoms with Crippen molar-refractivity contribution in [3.05, 3.63) is 46.7 Å². The van der Waals surface area contributed by atoms with Crippen LogP contribution < -0.4 is 10.1 Å². The summed E-state index contributed by atoms with van der Waals surface area (Å²) in [6, 6.07) is 8.94. The number of benzene rings is 1. The van der Waals surface area contributed by atoms with Crippen molar-refractivity contribution in [3.63, 3.8) is 0 Å². The molecule has 0 unspecified atom stereocenters. The number of aromatic nitrogens is 2. The van der Waals surface area contributed by atoms with Gasteiger partial charge in [-0.05, 0) is 31.0 Å². The highest BCUT2D eigenvalue weighted by molar-refractivity contribution is 6.30. The van der Waals surface area contributed by atoms with Gasteiger partial charge in [-0.25, -0.2) is 0 Å². The minimum Gasteiger partial charge on any atom is -0.494 e. The molecule has 2 aromatic rings. The fourth-order valence-corrected chi connectivity index (χ4v) is 2.75. The summed E-state index contributed by atoms with van der Waals surface area (Å²) in [6.45, 7) is 3.47. The largest absolute Gasteiger partial charge is 0.494 e. The standard InChI is InChI=1S/C16H20ClN3O/c1-3-21-13-6-4-11(5-7-13)14-8-15(14)18-9-12-10-19-20(2)16(12)17/h4-7,10,14-15,18H,3,8-9H2,1-2H3/t14-,15+/m0/s1. The summed E-state index contributed by atoms with van der Waals surface area (Å²) < 4.78 is 7.16. The molecule has 0 radical (unpaired) electrons. The van der Waals surface area contributed by atoms with Crippen LogP contribution in [-0.2, 0) is 13.6 Å². The molecule has 1 aromatic heterocycles. The van der Waals surface area contributed by atoms with Gasteiger partial charge in [0.25, 0.3) is 0 Å². The third kappa shape index (κ3) is 3.22. The Kier molecular flexibility index (Phi) is 4.17. The van der Waals surface area contributed by atoms with Gasteiger partial charge in [-0.2, -0.15) is 5.10 Å². The fraction of sp³-hybridized carbons (Fsp3) is 0.438. The topological polar surface area (TPSA) is 39.1 Å². The highest BCUT2D eigenvalue weighted by Crippen LogP contribution is 2.41. The molecule has 5 heteroatoms. The molecule has 4 nitrogen and oxygen atoms in total. The average Bonchev–Trinajstić information content (AvgIpc) is 3.20. The van der Waals surface area contributed by atoms with Crippen molar-refractivity contribution < 1.29 is 4.74 Å². The van der Waals surface area contributed by atoms with Gasteiger partial charge in [-0.1, -0.05) is 23.7 Å². The minimum atomic E-state index is 0.527. The van der Waals surface area contributed by atoms with Crippen LogP contribution >= 0.6 is 11.6 Å². The first kappa shape index (κ1) is 14.4. The van der Waals surface area contributed by atoms with Crippen molar-refractivity contribution in [2.45, 2.75) is 31.8 Å². The van der Waals surface area contributed by atoms with Crippen LogP contribution in [0.2, 0.25) is 5.15 Å². The molecule has 1 aromatic carbocycles. The van der Waals surface area contributed by atoms with E-state index in [1.165, 1.54) is 12.0 Å². The molecule has 1 aliphatic rings. The minimum absolute atomic E-state index is 0.527. The van der Waals surface area contributed by atoms with Crippen molar-refractivity contribution in [2.75, 3.05) is 6.61 Å². The Morgan fingerprint density at radius 1 is 1.38 bits per heavy atom. The number of ether oxygens (including phenoxy) is 1. The summed E-state index contributed by atoms with van der Waals surface area (Å²) in [5.41, 5.74) is 2.42. The molecular formula is C16H20ClN3O. The van der Waals surface area contributed by atoms with E-state index in [0.717, 1.165) is 17.9 Å². The highest BCUT2D eigenvalue weighted by atomic mass is 35.5. The second-order valence-corrected chi connectivity index (χ2v) is 5.77. The van der Waals surface area contributed by atoms with Crippen LogP contribution in [-0.4, -0.2) is 22.4 Å². The number of nitrogens with one attached hydrogen (secondary N) is 1. The normalized spacial score (nSPS) is 20.5. The van der Waals surface area contributed by atoms with Crippen LogP contribution in [0.3, 0.4) is 0 Å². The van der Waals surface area contributed by atoms with Crippen molar-refractivity contribution in [2.24, 2.45) is 7.05 Å².